The van der Waals surface area contributed by atoms with E-state index in [0.29, 0.717) is 49.1 Å². The Labute approximate surface area is 190 Å². The van der Waals surface area contributed by atoms with Crippen LogP contribution in [0.15, 0.2) is 27.5 Å². The lowest BCUT2D eigenvalue weighted by molar-refractivity contribution is -0.151. The minimum atomic E-state index is -3.46. The van der Waals surface area contributed by atoms with Gasteiger partial charge in [0.05, 0.1) is 29.5 Å². The molecule has 0 atom stereocenters. The highest BCUT2D eigenvalue weighted by Crippen LogP contribution is 2.42. The van der Waals surface area contributed by atoms with Gasteiger partial charge in [0.15, 0.2) is 11.8 Å². The number of amidine groups is 1. The summed E-state index contributed by atoms with van der Waals surface area (Å²) in [5.74, 6) is -1.44. The lowest BCUT2D eigenvalue weighted by Crippen LogP contribution is -2.42. The smallest absolute Gasteiger partial charge is 0.338 e. The van der Waals surface area contributed by atoms with Crippen molar-refractivity contribution in [3.63, 3.8) is 0 Å². The topological polar surface area (TPSA) is 123 Å². The van der Waals surface area contributed by atoms with E-state index in [-0.39, 0.29) is 35.7 Å². The first-order valence-corrected chi connectivity index (χ1v) is 12.7. The molecule has 0 radical (unpaired) electrons. The Kier molecular flexibility index (Phi) is 6.42. The molecule has 0 N–H and O–H groups in total. The fourth-order valence-electron chi connectivity index (χ4n) is 3.78. The van der Waals surface area contributed by atoms with Crippen molar-refractivity contribution in [3.8, 4) is 0 Å². The number of hydrogen-bond acceptors (Lipinski definition) is 9. The van der Waals surface area contributed by atoms with E-state index in [1.54, 1.807) is 34.9 Å². The second-order valence-corrected chi connectivity index (χ2v) is 10.3. The van der Waals surface area contributed by atoms with E-state index < -0.39 is 16.0 Å². The first kappa shape index (κ1) is 22.6. The van der Waals surface area contributed by atoms with Crippen molar-refractivity contribution in [3.05, 3.63) is 23.8 Å². The lowest BCUT2D eigenvalue weighted by atomic mass is 9.97. The maximum absolute atomic E-state index is 12.5. The molecule has 0 bridgehead atoms. The normalized spacial score (nSPS) is 19.6. The first-order valence-electron chi connectivity index (χ1n) is 10.3. The molecule has 1 aromatic carbocycles. The van der Waals surface area contributed by atoms with Crippen molar-refractivity contribution in [1.82, 2.24) is 4.90 Å². The van der Waals surface area contributed by atoms with Crippen LogP contribution in [-0.2, 0) is 29.1 Å². The lowest BCUT2D eigenvalue weighted by Gasteiger charge is -2.30. The quantitative estimate of drug-likeness (QED) is 0.572. The largest absolute Gasteiger partial charge is 0.466 e. The number of piperidine rings is 1. The van der Waals surface area contributed by atoms with Gasteiger partial charge in [0.25, 0.3) is 15.9 Å². The number of ether oxygens (including phenoxy) is 2. The Bertz CT molecular complexity index is 1080. The maximum Gasteiger partial charge on any atom is 0.338 e. The standard InChI is InChI=1S/C20H23N3O7S2/c1-2-29-18(25)13-5-7-22(8-6-13)17(24)12-30-19(26)14-3-4-15-16(11-14)31-20-21-32(27,28)10-9-23(15)20/h3-4,11,13H,2,5-10,12H2,1H3. The van der Waals surface area contributed by atoms with Crippen LogP contribution in [0.1, 0.15) is 30.1 Å². The Hall–Kier alpha value is -2.60. The molecule has 0 spiro atoms. The molecule has 1 aromatic rings. The van der Waals surface area contributed by atoms with Gasteiger partial charge in [0.2, 0.25) is 0 Å². The number of hydrogen-bond donors (Lipinski definition) is 0. The molecular formula is C20H23N3O7S2. The van der Waals surface area contributed by atoms with Gasteiger partial charge in [-0.15, -0.1) is 4.40 Å². The van der Waals surface area contributed by atoms with Gasteiger partial charge in [-0.2, -0.15) is 0 Å². The fraction of sp³-hybridized carbons (Fsp3) is 0.500. The number of anilines is 1. The molecule has 3 aliphatic heterocycles. The van der Waals surface area contributed by atoms with Gasteiger partial charge in [0.1, 0.15) is 0 Å². The summed E-state index contributed by atoms with van der Waals surface area (Å²) >= 11 is 1.18. The number of likely N-dealkylation sites (tertiary alicyclic amines) is 1. The van der Waals surface area contributed by atoms with Crippen LogP contribution in [-0.4, -0.2) is 74.9 Å². The number of amides is 1. The van der Waals surface area contributed by atoms with Gasteiger partial charge in [-0.1, -0.05) is 0 Å². The summed E-state index contributed by atoms with van der Waals surface area (Å²) in [7, 11) is -3.46. The van der Waals surface area contributed by atoms with E-state index in [1.807, 2.05) is 0 Å². The summed E-state index contributed by atoms with van der Waals surface area (Å²) in [4.78, 5) is 40.8. The van der Waals surface area contributed by atoms with Crippen molar-refractivity contribution in [2.45, 2.75) is 24.7 Å². The van der Waals surface area contributed by atoms with E-state index in [4.69, 9.17) is 9.47 Å². The average Bonchev–Trinajstić information content (AvgIpc) is 3.12. The molecule has 32 heavy (non-hydrogen) atoms. The number of rotatable bonds is 5. The predicted octanol–water partition coefficient (Wildman–Crippen LogP) is 1.26. The van der Waals surface area contributed by atoms with Crippen LogP contribution in [0.4, 0.5) is 5.69 Å². The van der Waals surface area contributed by atoms with Crippen LogP contribution in [0.25, 0.3) is 0 Å². The molecule has 1 fully saturated rings. The molecule has 3 heterocycles. The number of carbonyl (C=O) groups excluding carboxylic acids is 3. The van der Waals surface area contributed by atoms with Gasteiger partial charge in [0, 0.05) is 24.5 Å². The molecule has 172 valence electrons. The number of carbonyl (C=O) groups is 3. The third kappa shape index (κ3) is 4.75. The van der Waals surface area contributed by atoms with Crippen LogP contribution < -0.4 is 4.90 Å². The van der Waals surface area contributed by atoms with Gasteiger partial charge in [-0.3, -0.25) is 9.59 Å². The molecule has 4 rings (SSSR count). The SMILES string of the molecule is CCOC(=O)C1CCN(C(=O)COC(=O)c2ccc3c(c2)SC2=NS(=O)(=O)CCN23)CC1. The van der Waals surface area contributed by atoms with E-state index >= 15 is 0 Å². The van der Waals surface area contributed by atoms with Crippen molar-refractivity contribution < 1.29 is 32.3 Å². The zero-order chi connectivity index (χ0) is 22.9. The zero-order valence-electron chi connectivity index (χ0n) is 17.5. The molecular weight excluding hydrogens is 458 g/mol. The highest BCUT2D eigenvalue weighted by molar-refractivity contribution is 8.15. The Balaban J connectivity index is 1.31. The van der Waals surface area contributed by atoms with Crippen molar-refractivity contribution in [2.75, 3.05) is 43.5 Å². The van der Waals surface area contributed by atoms with E-state index in [0.717, 1.165) is 5.69 Å². The van der Waals surface area contributed by atoms with Crippen molar-refractivity contribution in [1.29, 1.82) is 0 Å². The average molecular weight is 482 g/mol. The number of nitrogens with zero attached hydrogens (tertiary/aromatic N) is 3. The van der Waals surface area contributed by atoms with Crippen LogP contribution in [0, 0.1) is 5.92 Å². The molecule has 10 nitrogen and oxygen atoms in total. The van der Waals surface area contributed by atoms with E-state index in [2.05, 4.69) is 4.40 Å². The number of thioether (sulfide) groups is 1. The van der Waals surface area contributed by atoms with Crippen molar-refractivity contribution in [2.24, 2.45) is 10.3 Å². The molecule has 0 saturated carbocycles. The molecule has 0 unspecified atom stereocenters. The van der Waals surface area contributed by atoms with Crippen molar-refractivity contribution >= 4 is 50.5 Å². The second-order valence-electron chi connectivity index (χ2n) is 7.58. The monoisotopic (exact) mass is 481 g/mol. The van der Waals surface area contributed by atoms with Gasteiger partial charge in [-0.05, 0) is 49.7 Å². The highest BCUT2D eigenvalue weighted by atomic mass is 32.2. The summed E-state index contributed by atoms with van der Waals surface area (Å²) in [5, 5.41) is 0.373. The number of benzene rings is 1. The van der Waals surface area contributed by atoms with E-state index in [1.165, 1.54) is 11.8 Å². The minimum Gasteiger partial charge on any atom is -0.466 e. The number of sulfonamides is 1. The molecule has 0 aromatic heterocycles. The van der Waals surface area contributed by atoms with Crippen LogP contribution in [0.5, 0.6) is 0 Å². The first-order chi connectivity index (χ1) is 15.3. The minimum absolute atomic E-state index is 0.0561. The number of esters is 2. The molecule has 12 heteroatoms. The molecule has 3 aliphatic rings. The molecule has 1 saturated heterocycles. The zero-order valence-corrected chi connectivity index (χ0v) is 19.1. The highest BCUT2D eigenvalue weighted by Gasteiger charge is 2.34. The van der Waals surface area contributed by atoms with E-state index in [9.17, 15) is 22.8 Å². The third-order valence-electron chi connectivity index (χ3n) is 5.50. The summed E-state index contributed by atoms with van der Waals surface area (Å²) in [5.41, 5.74) is 1.06. The summed E-state index contributed by atoms with van der Waals surface area (Å²) < 4.78 is 37.4. The Morgan fingerprint density at radius 1 is 1.16 bits per heavy atom. The Morgan fingerprint density at radius 3 is 2.62 bits per heavy atom. The second kappa shape index (κ2) is 9.10. The number of fused-ring (bicyclic) bond motifs is 3. The predicted molar refractivity (Wildman–Crippen MR) is 117 cm³/mol. The van der Waals surface area contributed by atoms with Crippen LogP contribution >= 0.6 is 11.8 Å². The summed E-state index contributed by atoms with van der Waals surface area (Å²) in [6, 6.07) is 4.93. The third-order valence-corrected chi connectivity index (χ3v) is 7.81. The van der Waals surface area contributed by atoms with Gasteiger partial charge in [-0.25, -0.2) is 13.2 Å². The van der Waals surface area contributed by atoms with Crippen LogP contribution in [0.2, 0.25) is 0 Å². The Morgan fingerprint density at radius 2 is 1.91 bits per heavy atom. The summed E-state index contributed by atoms with van der Waals surface area (Å²) in [6.07, 6.45) is 1.05. The van der Waals surface area contributed by atoms with Gasteiger partial charge < -0.3 is 19.3 Å². The van der Waals surface area contributed by atoms with Crippen LogP contribution in [0.3, 0.4) is 0 Å². The molecule has 1 amide bonds. The summed E-state index contributed by atoms with van der Waals surface area (Å²) in [6.45, 7) is 2.84. The fourth-order valence-corrected chi connectivity index (χ4v) is 6.08. The molecule has 0 aliphatic carbocycles. The van der Waals surface area contributed by atoms with Gasteiger partial charge >= 0.3 is 11.9 Å². The maximum atomic E-state index is 12.5.